The number of amides is 1. The van der Waals surface area contributed by atoms with Gasteiger partial charge in [0.2, 0.25) is 5.91 Å². The fourth-order valence-corrected chi connectivity index (χ4v) is 4.99. The van der Waals surface area contributed by atoms with E-state index in [4.69, 9.17) is 15.2 Å². The minimum absolute atomic E-state index is 0.424. The number of esters is 1. The predicted octanol–water partition coefficient (Wildman–Crippen LogP) is 4.35. The second-order valence-corrected chi connectivity index (χ2v) is 10.1. The number of ether oxygens (including phenoxy) is 2. The van der Waals surface area contributed by atoms with Crippen LogP contribution in [0.4, 0.5) is 11.4 Å². The molecular weight excluding hydrogens is 545 g/mol. The Morgan fingerprint density at radius 1 is 0.882 bits per heavy atom. The third-order valence-corrected chi connectivity index (χ3v) is 7.71. The SMILES string of the molecule is CN(C)c1ccc2c(c1)Oc1cc(N(C)C)ccc1C21OC(=O)c2cc(C(I)C(N)=O)ccc21. The first kappa shape index (κ1) is 22.5. The Morgan fingerprint density at radius 3 is 1.91 bits per heavy atom. The largest absolute Gasteiger partial charge is 0.456 e. The number of nitrogens with zero attached hydrogens (tertiary/aromatic N) is 2. The van der Waals surface area contributed by atoms with Gasteiger partial charge < -0.3 is 25.0 Å². The van der Waals surface area contributed by atoms with Gasteiger partial charge in [0.25, 0.3) is 0 Å². The van der Waals surface area contributed by atoms with Gasteiger partial charge in [-0.2, -0.15) is 0 Å². The highest BCUT2D eigenvalue weighted by molar-refractivity contribution is 14.1. The van der Waals surface area contributed by atoms with Crippen LogP contribution in [0.1, 0.15) is 36.5 Å². The summed E-state index contributed by atoms with van der Waals surface area (Å²) in [6.45, 7) is 0. The maximum Gasteiger partial charge on any atom is 0.340 e. The smallest absolute Gasteiger partial charge is 0.340 e. The van der Waals surface area contributed by atoms with E-state index in [2.05, 4.69) is 0 Å². The summed E-state index contributed by atoms with van der Waals surface area (Å²) >= 11 is 1.98. The number of primary amides is 1. The summed E-state index contributed by atoms with van der Waals surface area (Å²) in [5.41, 5.74) is 9.60. The molecule has 0 fully saturated rings. The van der Waals surface area contributed by atoms with E-state index in [0.29, 0.717) is 22.6 Å². The second kappa shape index (κ2) is 7.90. The standard InChI is InChI=1S/C26H24IN3O4/c1-29(2)15-6-9-19-21(12-15)33-22-13-16(30(3)4)7-10-20(22)26(19)18-8-5-14(23(27)24(28)31)11-17(18)25(32)34-26/h5-13,23H,1-4H3,(H2,28,31). The van der Waals surface area contributed by atoms with E-state index in [1.54, 1.807) is 6.07 Å². The Morgan fingerprint density at radius 2 is 1.41 bits per heavy atom. The number of hydrogen-bond acceptors (Lipinski definition) is 6. The average molecular weight is 569 g/mol. The van der Waals surface area contributed by atoms with E-state index in [1.807, 2.05) is 109 Å². The molecule has 2 aliphatic rings. The molecule has 2 N–H and O–H groups in total. The van der Waals surface area contributed by atoms with Crippen molar-refractivity contribution in [1.82, 2.24) is 0 Å². The summed E-state index contributed by atoms with van der Waals surface area (Å²) < 4.78 is 12.1. The van der Waals surface area contributed by atoms with Gasteiger partial charge >= 0.3 is 5.97 Å². The quantitative estimate of drug-likeness (QED) is 0.286. The maximum absolute atomic E-state index is 13.3. The summed E-state index contributed by atoms with van der Waals surface area (Å²) in [6.07, 6.45) is 0. The molecule has 1 amide bonds. The fourth-order valence-electron chi connectivity index (χ4n) is 4.60. The lowest BCUT2D eigenvalue weighted by molar-refractivity contribution is -0.117. The van der Waals surface area contributed by atoms with Crippen molar-refractivity contribution in [3.63, 3.8) is 0 Å². The van der Waals surface area contributed by atoms with Crippen LogP contribution in [0.25, 0.3) is 0 Å². The van der Waals surface area contributed by atoms with Gasteiger partial charge in [0, 0.05) is 68.4 Å². The highest BCUT2D eigenvalue weighted by atomic mass is 127. The Bertz CT molecular complexity index is 1290. The first-order valence-corrected chi connectivity index (χ1v) is 12.0. The van der Waals surface area contributed by atoms with Crippen LogP contribution in [-0.4, -0.2) is 40.1 Å². The molecule has 7 nitrogen and oxygen atoms in total. The van der Waals surface area contributed by atoms with Gasteiger partial charge in [-0.3, -0.25) is 4.79 Å². The van der Waals surface area contributed by atoms with Crippen molar-refractivity contribution in [2.45, 2.75) is 9.53 Å². The summed E-state index contributed by atoms with van der Waals surface area (Å²) in [5, 5.41) is 0. The molecule has 3 aromatic rings. The normalized spacial score (nSPS) is 15.5. The van der Waals surface area contributed by atoms with E-state index in [0.717, 1.165) is 28.1 Å². The van der Waals surface area contributed by atoms with Gasteiger partial charge in [-0.15, -0.1) is 0 Å². The number of anilines is 2. The molecule has 0 saturated carbocycles. The third kappa shape index (κ3) is 3.23. The molecule has 2 aliphatic heterocycles. The Kier molecular flexibility index (Phi) is 5.23. The third-order valence-electron chi connectivity index (χ3n) is 6.37. The first-order valence-electron chi connectivity index (χ1n) is 10.8. The van der Waals surface area contributed by atoms with Gasteiger partial charge in [0.05, 0.1) is 5.56 Å². The summed E-state index contributed by atoms with van der Waals surface area (Å²) in [4.78, 5) is 29.0. The highest BCUT2D eigenvalue weighted by Gasteiger charge is 2.53. The number of rotatable bonds is 4. The zero-order valence-electron chi connectivity index (χ0n) is 19.3. The predicted molar refractivity (Wildman–Crippen MR) is 139 cm³/mol. The van der Waals surface area contributed by atoms with Crippen molar-refractivity contribution in [1.29, 1.82) is 0 Å². The molecule has 8 heteroatoms. The molecule has 5 rings (SSSR count). The molecule has 3 aromatic carbocycles. The van der Waals surface area contributed by atoms with Gasteiger partial charge in [-0.1, -0.05) is 34.7 Å². The number of fused-ring (bicyclic) bond motifs is 6. The molecule has 1 spiro atoms. The van der Waals surface area contributed by atoms with Crippen LogP contribution >= 0.6 is 22.6 Å². The Labute approximate surface area is 211 Å². The molecule has 0 radical (unpaired) electrons. The summed E-state index contributed by atoms with van der Waals surface area (Å²) in [5.74, 6) is 0.347. The van der Waals surface area contributed by atoms with Crippen LogP contribution in [-0.2, 0) is 15.1 Å². The molecule has 1 unspecified atom stereocenters. The minimum atomic E-state index is -1.16. The molecule has 0 aliphatic carbocycles. The molecule has 1 atom stereocenters. The van der Waals surface area contributed by atoms with Crippen LogP contribution < -0.4 is 20.3 Å². The number of benzene rings is 3. The van der Waals surface area contributed by atoms with E-state index in [9.17, 15) is 9.59 Å². The van der Waals surface area contributed by atoms with Gasteiger partial charge in [-0.05, 0) is 35.9 Å². The number of carbonyl (C=O) groups excluding carboxylic acids is 2. The lowest BCUT2D eigenvalue weighted by Gasteiger charge is -2.37. The van der Waals surface area contributed by atoms with Crippen LogP contribution in [0.3, 0.4) is 0 Å². The van der Waals surface area contributed by atoms with E-state index < -0.39 is 21.4 Å². The van der Waals surface area contributed by atoms with Crippen molar-refractivity contribution in [2.24, 2.45) is 5.73 Å². The van der Waals surface area contributed by atoms with Crippen LogP contribution in [0.2, 0.25) is 0 Å². The van der Waals surface area contributed by atoms with E-state index in [1.165, 1.54) is 0 Å². The minimum Gasteiger partial charge on any atom is -0.456 e. The molecule has 174 valence electrons. The van der Waals surface area contributed by atoms with Crippen molar-refractivity contribution in [3.05, 3.63) is 82.4 Å². The number of hydrogen-bond donors (Lipinski definition) is 1. The molecule has 34 heavy (non-hydrogen) atoms. The summed E-state index contributed by atoms with van der Waals surface area (Å²) in [6, 6.07) is 17.2. The number of halogens is 1. The van der Waals surface area contributed by atoms with Crippen molar-refractivity contribution < 1.29 is 19.1 Å². The lowest BCUT2D eigenvalue weighted by Crippen LogP contribution is -2.33. The van der Waals surface area contributed by atoms with Crippen molar-refractivity contribution >= 4 is 45.8 Å². The van der Waals surface area contributed by atoms with E-state index in [-0.39, 0.29) is 0 Å². The second-order valence-electron chi connectivity index (χ2n) is 8.89. The molecular formula is C26H24IN3O4. The monoisotopic (exact) mass is 569 g/mol. The van der Waals surface area contributed by atoms with E-state index >= 15 is 0 Å². The fraction of sp³-hybridized carbons (Fsp3) is 0.231. The number of alkyl halides is 1. The van der Waals surface area contributed by atoms with Gasteiger partial charge in [0.1, 0.15) is 15.4 Å². The lowest BCUT2D eigenvalue weighted by atomic mass is 9.77. The average Bonchev–Trinajstić information content (AvgIpc) is 3.10. The summed E-state index contributed by atoms with van der Waals surface area (Å²) in [7, 11) is 7.85. The van der Waals surface area contributed by atoms with Crippen molar-refractivity contribution in [3.8, 4) is 11.5 Å². The van der Waals surface area contributed by atoms with Gasteiger partial charge in [0.15, 0.2) is 5.60 Å². The maximum atomic E-state index is 13.3. The first-order chi connectivity index (χ1) is 16.1. The molecule has 0 aromatic heterocycles. The van der Waals surface area contributed by atoms with Gasteiger partial charge in [-0.25, -0.2) is 4.79 Å². The Hall–Kier alpha value is -3.27. The molecule has 0 bridgehead atoms. The molecule has 2 heterocycles. The van der Waals surface area contributed by atoms with Crippen molar-refractivity contribution in [2.75, 3.05) is 38.0 Å². The van der Waals surface area contributed by atoms with Crippen LogP contribution in [0.5, 0.6) is 11.5 Å². The van der Waals surface area contributed by atoms with Crippen LogP contribution in [0, 0.1) is 0 Å². The Balaban J connectivity index is 1.78. The number of nitrogens with two attached hydrogens (primary N) is 1. The highest BCUT2D eigenvalue weighted by Crippen LogP contribution is 2.57. The van der Waals surface area contributed by atoms with Crippen LogP contribution in [0.15, 0.2) is 54.6 Å². The molecule has 0 saturated heterocycles. The zero-order chi connectivity index (χ0) is 24.4. The topological polar surface area (TPSA) is 85.1 Å². The zero-order valence-corrected chi connectivity index (χ0v) is 21.4. The number of carbonyl (C=O) groups is 2.